The second-order valence-electron chi connectivity index (χ2n) is 8.50. The van der Waals surface area contributed by atoms with Gasteiger partial charge in [0.05, 0.1) is 6.57 Å². The van der Waals surface area contributed by atoms with Crippen molar-refractivity contribution in [2.24, 2.45) is 0 Å². The first-order valence-electron chi connectivity index (χ1n) is 11.5. The van der Waals surface area contributed by atoms with Gasteiger partial charge < -0.3 is 4.42 Å². The van der Waals surface area contributed by atoms with E-state index in [9.17, 15) is 0 Å². The van der Waals surface area contributed by atoms with Crippen molar-refractivity contribution >= 4 is 28.4 Å². The molecule has 0 fully saturated rings. The summed E-state index contributed by atoms with van der Waals surface area (Å²) in [5, 5.41) is 0.674. The molecule has 5 aromatic carbocycles. The van der Waals surface area contributed by atoms with E-state index in [0.717, 1.165) is 50.0 Å². The van der Waals surface area contributed by atoms with Crippen molar-refractivity contribution in [2.75, 3.05) is 0 Å². The maximum Gasteiger partial charge on any atom is 0.227 e. The predicted octanol–water partition coefficient (Wildman–Crippen LogP) is 9.70. The fourth-order valence-corrected chi connectivity index (χ4v) is 4.46. The van der Waals surface area contributed by atoms with Gasteiger partial charge in [0, 0.05) is 16.1 Å². The first-order chi connectivity index (χ1) is 17.7. The van der Waals surface area contributed by atoms with Gasteiger partial charge >= 0.3 is 0 Å². The SMILES string of the molecule is [C-]#[N+]c1ccc(-c2ccc(-c3cc(-c4ccccc4)c4nc(-c5ccc(Cl)cc5)oc4c3)cc2)cc1. The lowest BCUT2D eigenvalue weighted by molar-refractivity contribution is 0.620. The zero-order valence-electron chi connectivity index (χ0n) is 19.2. The lowest BCUT2D eigenvalue weighted by Crippen LogP contribution is -1.85. The first kappa shape index (κ1) is 21.9. The van der Waals surface area contributed by atoms with Crippen LogP contribution in [-0.2, 0) is 0 Å². The second-order valence-corrected chi connectivity index (χ2v) is 8.93. The van der Waals surface area contributed by atoms with E-state index in [4.69, 9.17) is 27.6 Å². The van der Waals surface area contributed by atoms with E-state index in [0.29, 0.717) is 16.6 Å². The largest absolute Gasteiger partial charge is 0.436 e. The summed E-state index contributed by atoms with van der Waals surface area (Å²) in [6.07, 6.45) is 0. The van der Waals surface area contributed by atoms with Crippen LogP contribution in [0.25, 0.3) is 60.8 Å². The van der Waals surface area contributed by atoms with Gasteiger partial charge in [-0.3, -0.25) is 0 Å². The molecule has 0 N–H and O–H groups in total. The highest BCUT2D eigenvalue weighted by Crippen LogP contribution is 2.37. The molecule has 1 heterocycles. The topological polar surface area (TPSA) is 30.4 Å². The minimum absolute atomic E-state index is 0.564. The molecule has 170 valence electrons. The summed E-state index contributed by atoms with van der Waals surface area (Å²) in [6, 6.07) is 38.1. The van der Waals surface area contributed by atoms with Gasteiger partial charge in [-0.05, 0) is 64.2 Å². The van der Waals surface area contributed by atoms with Crippen molar-refractivity contribution in [1.29, 1.82) is 0 Å². The number of benzene rings is 5. The highest BCUT2D eigenvalue weighted by atomic mass is 35.5. The van der Waals surface area contributed by atoms with E-state index < -0.39 is 0 Å². The van der Waals surface area contributed by atoms with Gasteiger partial charge in [0.2, 0.25) is 5.89 Å². The quantitative estimate of drug-likeness (QED) is 0.234. The molecule has 0 aliphatic rings. The Morgan fingerprint density at radius 1 is 0.611 bits per heavy atom. The molecule has 0 aliphatic carbocycles. The normalized spacial score (nSPS) is 10.9. The summed E-state index contributed by atoms with van der Waals surface area (Å²) in [5.74, 6) is 0.564. The van der Waals surface area contributed by atoms with E-state index in [1.807, 2.05) is 72.8 Å². The maximum atomic E-state index is 7.15. The number of hydrogen-bond donors (Lipinski definition) is 0. The zero-order chi connectivity index (χ0) is 24.5. The number of hydrogen-bond acceptors (Lipinski definition) is 2. The van der Waals surface area contributed by atoms with E-state index >= 15 is 0 Å². The Hall–Kier alpha value is -4.65. The van der Waals surface area contributed by atoms with Crippen LogP contribution in [0.4, 0.5) is 5.69 Å². The number of fused-ring (bicyclic) bond motifs is 1. The number of oxazole rings is 1. The Morgan fingerprint density at radius 2 is 1.19 bits per heavy atom. The summed E-state index contributed by atoms with van der Waals surface area (Å²) in [7, 11) is 0. The molecule has 6 aromatic rings. The van der Waals surface area contributed by atoms with Gasteiger partial charge in [-0.25, -0.2) is 9.83 Å². The molecular formula is C32H19ClN2O. The lowest BCUT2D eigenvalue weighted by atomic mass is 9.96. The van der Waals surface area contributed by atoms with Crippen LogP contribution in [-0.4, -0.2) is 4.98 Å². The maximum absolute atomic E-state index is 7.15. The molecule has 0 spiro atoms. The summed E-state index contributed by atoms with van der Waals surface area (Å²) < 4.78 is 6.25. The van der Waals surface area contributed by atoms with Crippen LogP contribution >= 0.6 is 11.6 Å². The van der Waals surface area contributed by atoms with Crippen LogP contribution < -0.4 is 0 Å². The number of rotatable bonds is 4. The molecule has 0 amide bonds. The van der Waals surface area contributed by atoms with Crippen molar-refractivity contribution in [3.05, 3.63) is 132 Å². The minimum atomic E-state index is 0.564. The molecule has 0 bridgehead atoms. The number of aromatic nitrogens is 1. The van der Waals surface area contributed by atoms with Crippen molar-refractivity contribution in [3.8, 4) is 44.8 Å². The van der Waals surface area contributed by atoms with Crippen LogP contribution in [0.5, 0.6) is 0 Å². The van der Waals surface area contributed by atoms with Gasteiger partial charge in [-0.2, -0.15) is 0 Å². The monoisotopic (exact) mass is 482 g/mol. The Bertz CT molecular complexity index is 1710. The standard InChI is InChI=1S/C32H19ClN2O/c1-34-28-17-13-22(14-18-28)21-7-9-23(10-8-21)26-19-29(24-5-3-2-4-6-24)31-30(20-26)36-32(35-31)25-11-15-27(33)16-12-25/h2-20H. The van der Waals surface area contributed by atoms with Gasteiger partial charge in [0.25, 0.3) is 0 Å². The first-order valence-corrected chi connectivity index (χ1v) is 11.9. The smallest absolute Gasteiger partial charge is 0.227 e. The number of nitrogens with zero attached hydrogens (tertiary/aromatic N) is 2. The van der Waals surface area contributed by atoms with Crippen LogP contribution in [0.15, 0.2) is 120 Å². The fraction of sp³-hybridized carbons (Fsp3) is 0. The predicted molar refractivity (Wildman–Crippen MR) is 147 cm³/mol. The van der Waals surface area contributed by atoms with Crippen molar-refractivity contribution in [3.63, 3.8) is 0 Å². The third-order valence-electron chi connectivity index (χ3n) is 6.22. The summed E-state index contributed by atoms with van der Waals surface area (Å²) in [6.45, 7) is 7.15. The molecule has 36 heavy (non-hydrogen) atoms. The molecule has 0 atom stereocenters. The second kappa shape index (κ2) is 9.19. The average molecular weight is 483 g/mol. The Balaban J connectivity index is 1.45. The highest BCUT2D eigenvalue weighted by molar-refractivity contribution is 6.30. The van der Waals surface area contributed by atoms with Crippen molar-refractivity contribution in [1.82, 2.24) is 4.98 Å². The highest BCUT2D eigenvalue weighted by Gasteiger charge is 2.16. The molecule has 0 aliphatic heterocycles. The average Bonchev–Trinajstić information content (AvgIpc) is 3.38. The molecule has 3 nitrogen and oxygen atoms in total. The summed E-state index contributed by atoms with van der Waals surface area (Å²) in [5.41, 5.74) is 9.49. The van der Waals surface area contributed by atoms with Crippen LogP contribution in [0.1, 0.15) is 0 Å². The molecule has 4 heteroatoms. The molecule has 0 radical (unpaired) electrons. The fourth-order valence-electron chi connectivity index (χ4n) is 4.33. The third kappa shape index (κ3) is 4.15. The van der Waals surface area contributed by atoms with Gasteiger partial charge in [0.15, 0.2) is 11.3 Å². The summed E-state index contributed by atoms with van der Waals surface area (Å²) in [4.78, 5) is 8.33. The minimum Gasteiger partial charge on any atom is -0.436 e. The van der Waals surface area contributed by atoms with Crippen molar-refractivity contribution < 1.29 is 4.42 Å². The summed E-state index contributed by atoms with van der Waals surface area (Å²) >= 11 is 6.07. The Kier molecular flexibility index (Phi) is 5.58. The molecule has 6 rings (SSSR count). The third-order valence-corrected chi connectivity index (χ3v) is 6.47. The van der Waals surface area contributed by atoms with E-state index in [-0.39, 0.29) is 0 Å². The lowest BCUT2D eigenvalue weighted by Gasteiger charge is -2.08. The van der Waals surface area contributed by atoms with Crippen molar-refractivity contribution in [2.45, 2.75) is 0 Å². The van der Waals surface area contributed by atoms with Crippen LogP contribution in [0.2, 0.25) is 5.02 Å². The van der Waals surface area contributed by atoms with Gasteiger partial charge in [0.1, 0.15) is 5.52 Å². The molecular weight excluding hydrogens is 464 g/mol. The van der Waals surface area contributed by atoms with E-state index in [1.54, 1.807) is 0 Å². The Morgan fingerprint density at radius 3 is 1.83 bits per heavy atom. The molecule has 0 unspecified atom stereocenters. The van der Waals surface area contributed by atoms with Crippen LogP contribution in [0.3, 0.4) is 0 Å². The molecule has 1 aromatic heterocycles. The van der Waals surface area contributed by atoms with E-state index in [1.165, 1.54) is 0 Å². The van der Waals surface area contributed by atoms with Crippen LogP contribution in [0, 0.1) is 6.57 Å². The van der Waals surface area contributed by atoms with Gasteiger partial charge in [-0.1, -0.05) is 90.5 Å². The Labute approximate surface area is 214 Å². The number of halogens is 1. The van der Waals surface area contributed by atoms with E-state index in [2.05, 4.69) is 47.3 Å². The molecule has 0 saturated carbocycles. The zero-order valence-corrected chi connectivity index (χ0v) is 19.9. The van der Waals surface area contributed by atoms with Gasteiger partial charge in [-0.15, -0.1) is 0 Å². The molecule has 0 saturated heterocycles.